The van der Waals surface area contributed by atoms with Gasteiger partial charge in [-0.25, -0.2) is 4.68 Å². The molecule has 2 aromatic carbocycles. The highest BCUT2D eigenvalue weighted by molar-refractivity contribution is 7.84. The molecule has 0 spiro atoms. The first-order valence-corrected chi connectivity index (χ1v) is 12.1. The third kappa shape index (κ3) is 5.11. The van der Waals surface area contributed by atoms with Gasteiger partial charge in [0.2, 0.25) is 5.91 Å². The van der Waals surface area contributed by atoms with Gasteiger partial charge in [0.1, 0.15) is 5.82 Å². The third-order valence-corrected chi connectivity index (χ3v) is 6.68. The van der Waals surface area contributed by atoms with E-state index in [2.05, 4.69) is 12.2 Å². The van der Waals surface area contributed by atoms with E-state index in [0.717, 1.165) is 34.7 Å². The third-order valence-electron chi connectivity index (χ3n) is 5.74. The lowest BCUT2D eigenvalue weighted by Gasteiger charge is -2.24. The minimum absolute atomic E-state index is 0.0474. The number of hydrogen-bond donors (Lipinski definition) is 1. The number of amides is 1. The zero-order valence-electron chi connectivity index (χ0n) is 18.1. The van der Waals surface area contributed by atoms with Crippen molar-refractivity contribution in [2.24, 2.45) is 0 Å². The second kappa shape index (κ2) is 9.16. The molecule has 7 heteroatoms. The highest BCUT2D eigenvalue weighted by atomic mass is 32.2. The average Bonchev–Trinajstić information content (AvgIpc) is 3.54. The Morgan fingerprint density at radius 3 is 2.48 bits per heavy atom. The van der Waals surface area contributed by atoms with Crippen molar-refractivity contribution in [3.05, 3.63) is 71.9 Å². The first-order valence-electron chi connectivity index (χ1n) is 10.5. The van der Waals surface area contributed by atoms with Gasteiger partial charge in [0, 0.05) is 40.0 Å². The molecule has 2 atom stereocenters. The zero-order valence-corrected chi connectivity index (χ0v) is 18.9. The first kappa shape index (κ1) is 21.5. The summed E-state index contributed by atoms with van der Waals surface area (Å²) in [5.74, 6) is 1.12. The molecule has 0 aliphatic heterocycles. The number of nitrogens with one attached hydrogen (secondary N) is 1. The fourth-order valence-corrected chi connectivity index (χ4v) is 4.09. The number of carbonyl (C=O) groups excluding carboxylic acids is 1. The average molecular weight is 437 g/mol. The minimum Gasteiger partial charge on any atom is -0.309 e. The van der Waals surface area contributed by atoms with Crippen LogP contribution in [-0.4, -0.2) is 44.6 Å². The molecule has 6 nitrogen and oxygen atoms in total. The summed E-state index contributed by atoms with van der Waals surface area (Å²) in [6.07, 6.45) is 3.98. The summed E-state index contributed by atoms with van der Waals surface area (Å²) in [6.45, 7) is 2.31. The summed E-state index contributed by atoms with van der Waals surface area (Å²) >= 11 is 0. The summed E-state index contributed by atoms with van der Waals surface area (Å²) in [6, 6.07) is 19.6. The van der Waals surface area contributed by atoms with Crippen LogP contribution in [-0.2, 0) is 15.6 Å². The highest BCUT2D eigenvalue weighted by Gasteiger charge is 2.28. The van der Waals surface area contributed by atoms with Crippen LogP contribution < -0.4 is 5.32 Å². The van der Waals surface area contributed by atoms with Crippen molar-refractivity contribution in [2.45, 2.75) is 36.6 Å². The Labute approximate surface area is 185 Å². The molecule has 1 heterocycles. The van der Waals surface area contributed by atoms with Gasteiger partial charge < -0.3 is 5.32 Å². The number of benzene rings is 2. The molecule has 0 saturated heterocycles. The van der Waals surface area contributed by atoms with Crippen LogP contribution in [0.1, 0.15) is 43.0 Å². The van der Waals surface area contributed by atoms with Crippen molar-refractivity contribution in [2.75, 3.05) is 25.2 Å². The fraction of sp³-hybridized carbons (Fsp3) is 0.333. The van der Waals surface area contributed by atoms with Crippen LogP contribution in [0, 0.1) is 0 Å². The molecule has 1 fully saturated rings. The second-order valence-electron chi connectivity index (χ2n) is 8.14. The molecule has 1 aliphatic carbocycles. The Balaban J connectivity index is 1.45. The van der Waals surface area contributed by atoms with Crippen molar-refractivity contribution in [1.82, 2.24) is 14.7 Å². The summed E-state index contributed by atoms with van der Waals surface area (Å²) in [7, 11) is 0.937. The molecule has 4 rings (SSSR count). The standard InChI is InChI=1S/C24H28N4O2S/c1-17(18-11-13-21(14-12-18)31(3)30)27(2)16-24(29)25-23-15-22(19-9-10-19)26-28(23)20-7-5-4-6-8-20/h4-8,11-15,17,19H,9-10,16H2,1-3H3,(H,25,29)/t17-,31+/m1/s1. The van der Waals surface area contributed by atoms with Crippen LogP contribution in [0.15, 0.2) is 65.6 Å². The van der Waals surface area contributed by atoms with E-state index in [4.69, 9.17) is 5.10 Å². The summed E-state index contributed by atoms with van der Waals surface area (Å²) in [5.41, 5.74) is 3.05. The quantitative estimate of drug-likeness (QED) is 0.577. The molecule has 0 bridgehead atoms. The molecule has 162 valence electrons. The van der Waals surface area contributed by atoms with Crippen LogP contribution in [0.3, 0.4) is 0 Å². The van der Waals surface area contributed by atoms with Crippen LogP contribution >= 0.6 is 0 Å². The van der Waals surface area contributed by atoms with Crippen LogP contribution in [0.4, 0.5) is 5.82 Å². The Kier molecular flexibility index (Phi) is 6.34. The molecule has 1 aliphatic rings. The topological polar surface area (TPSA) is 67.2 Å². The van der Waals surface area contributed by atoms with E-state index in [9.17, 15) is 9.00 Å². The lowest BCUT2D eigenvalue weighted by molar-refractivity contribution is -0.117. The van der Waals surface area contributed by atoms with Gasteiger partial charge in [0.05, 0.1) is 17.9 Å². The minimum atomic E-state index is -0.994. The molecule has 1 saturated carbocycles. The largest absolute Gasteiger partial charge is 0.309 e. The van der Waals surface area contributed by atoms with Gasteiger partial charge >= 0.3 is 0 Å². The van der Waals surface area contributed by atoms with E-state index in [1.165, 1.54) is 0 Å². The number of hydrogen-bond acceptors (Lipinski definition) is 4. The number of aromatic nitrogens is 2. The molecule has 0 unspecified atom stereocenters. The van der Waals surface area contributed by atoms with Gasteiger partial charge in [-0.2, -0.15) is 5.10 Å². The molecule has 1 amide bonds. The van der Waals surface area contributed by atoms with E-state index in [1.54, 1.807) is 6.26 Å². The highest BCUT2D eigenvalue weighted by Crippen LogP contribution is 2.40. The van der Waals surface area contributed by atoms with Gasteiger partial charge in [-0.3, -0.25) is 13.9 Å². The van der Waals surface area contributed by atoms with E-state index < -0.39 is 10.8 Å². The van der Waals surface area contributed by atoms with E-state index >= 15 is 0 Å². The monoisotopic (exact) mass is 436 g/mol. The fourth-order valence-electron chi connectivity index (χ4n) is 3.57. The van der Waals surface area contributed by atoms with Gasteiger partial charge in [0.25, 0.3) is 0 Å². The van der Waals surface area contributed by atoms with Crippen molar-refractivity contribution < 1.29 is 9.00 Å². The second-order valence-corrected chi connectivity index (χ2v) is 9.52. The lowest BCUT2D eigenvalue weighted by atomic mass is 10.1. The van der Waals surface area contributed by atoms with Gasteiger partial charge in [-0.15, -0.1) is 0 Å². The van der Waals surface area contributed by atoms with Crippen molar-refractivity contribution in [3.63, 3.8) is 0 Å². The summed E-state index contributed by atoms with van der Waals surface area (Å²) in [4.78, 5) is 15.6. The van der Waals surface area contributed by atoms with Crippen molar-refractivity contribution >= 4 is 22.5 Å². The number of likely N-dealkylation sites (N-methyl/N-ethyl adjacent to an activating group) is 1. The van der Waals surface area contributed by atoms with E-state index in [0.29, 0.717) is 11.7 Å². The van der Waals surface area contributed by atoms with Crippen LogP contribution in [0.2, 0.25) is 0 Å². The maximum absolute atomic E-state index is 12.8. The van der Waals surface area contributed by atoms with Crippen LogP contribution in [0.25, 0.3) is 5.69 Å². The predicted molar refractivity (Wildman–Crippen MR) is 124 cm³/mol. The Morgan fingerprint density at radius 2 is 1.87 bits per heavy atom. The first-order chi connectivity index (χ1) is 14.9. The normalized spacial score (nSPS) is 15.6. The van der Waals surface area contributed by atoms with Crippen LogP contribution in [0.5, 0.6) is 0 Å². The molecular weight excluding hydrogens is 408 g/mol. The molecule has 1 aromatic heterocycles. The molecular formula is C24H28N4O2S. The smallest absolute Gasteiger partial charge is 0.239 e. The Hall–Kier alpha value is -2.77. The molecule has 3 aromatic rings. The maximum Gasteiger partial charge on any atom is 0.239 e. The maximum atomic E-state index is 12.8. The zero-order chi connectivity index (χ0) is 22.0. The molecule has 1 N–H and O–H groups in total. The van der Waals surface area contributed by atoms with Crippen molar-refractivity contribution in [1.29, 1.82) is 0 Å². The van der Waals surface area contributed by atoms with Gasteiger partial charge in [0.15, 0.2) is 0 Å². The Morgan fingerprint density at radius 1 is 1.19 bits per heavy atom. The van der Waals surface area contributed by atoms with E-state index in [1.807, 2.05) is 77.3 Å². The summed E-state index contributed by atoms with van der Waals surface area (Å²) in [5, 5.41) is 7.80. The molecule has 0 radical (unpaired) electrons. The lowest BCUT2D eigenvalue weighted by Crippen LogP contribution is -2.32. The van der Waals surface area contributed by atoms with E-state index in [-0.39, 0.29) is 18.5 Å². The van der Waals surface area contributed by atoms with Gasteiger partial charge in [-0.05, 0) is 56.6 Å². The Bertz CT molecular complexity index is 1070. The predicted octanol–water partition coefficient (Wildman–Crippen LogP) is 4.12. The molecule has 31 heavy (non-hydrogen) atoms. The number of para-hydroxylation sites is 1. The summed E-state index contributed by atoms with van der Waals surface area (Å²) < 4.78 is 13.4. The van der Waals surface area contributed by atoms with Gasteiger partial charge in [-0.1, -0.05) is 30.3 Å². The number of carbonyl (C=O) groups is 1. The van der Waals surface area contributed by atoms with Crippen molar-refractivity contribution in [3.8, 4) is 5.69 Å². The SMILES string of the molecule is C[C@H](c1ccc([S@](C)=O)cc1)N(C)CC(=O)Nc1cc(C2CC2)nn1-c1ccccc1. The number of anilines is 1. The number of nitrogens with zero attached hydrogens (tertiary/aromatic N) is 3. The number of rotatable bonds is 8.